The molecule has 0 atom stereocenters. The maximum absolute atomic E-state index is 4.89. The summed E-state index contributed by atoms with van der Waals surface area (Å²) in [5.74, 6) is 0.862. The summed E-state index contributed by atoms with van der Waals surface area (Å²) in [5, 5.41) is 2.36. The molecule has 0 N–H and O–H groups in total. The third-order valence-electron chi connectivity index (χ3n) is 7.68. The Kier molecular flexibility index (Phi) is 6.01. The lowest BCUT2D eigenvalue weighted by Crippen LogP contribution is -1.97. The van der Waals surface area contributed by atoms with E-state index in [9.17, 15) is 0 Å². The predicted octanol–water partition coefficient (Wildman–Crippen LogP) is 8.43. The summed E-state index contributed by atoms with van der Waals surface area (Å²) < 4.78 is 2.17. The average molecular weight is 553 g/mol. The molecule has 43 heavy (non-hydrogen) atoms. The number of benzene rings is 2. The Balaban J connectivity index is 1.15. The summed E-state index contributed by atoms with van der Waals surface area (Å²) in [7, 11) is 0. The fraction of sp³-hybridized carbons (Fsp3) is 0. The summed E-state index contributed by atoms with van der Waals surface area (Å²) in [6, 6.07) is 39.1. The molecule has 8 aromatic rings. The van der Waals surface area contributed by atoms with Crippen molar-refractivity contribution in [2.75, 3.05) is 0 Å². The van der Waals surface area contributed by atoms with Gasteiger partial charge in [-0.05, 0) is 77.4 Å². The van der Waals surface area contributed by atoms with Crippen molar-refractivity contribution in [3.63, 3.8) is 0 Å². The zero-order valence-corrected chi connectivity index (χ0v) is 23.0. The minimum absolute atomic E-state index is 0.808. The zero-order chi connectivity index (χ0) is 28.6. The van der Waals surface area contributed by atoms with Crippen molar-refractivity contribution in [3.05, 3.63) is 146 Å². The molecule has 6 nitrogen and oxygen atoms in total. The monoisotopic (exact) mass is 552 g/mol. The third-order valence-corrected chi connectivity index (χ3v) is 7.68. The first-order chi connectivity index (χ1) is 21.3. The third kappa shape index (κ3) is 4.51. The molecule has 6 heteroatoms. The summed E-state index contributed by atoms with van der Waals surface area (Å²) in [6.45, 7) is 0. The molecule has 6 aromatic heterocycles. The van der Waals surface area contributed by atoms with Gasteiger partial charge in [-0.15, -0.1) is 0 Å². The van der Waals surface area contributed by atoms with Gasteiger partial charge < -0.3 is 0 Å². The number of para-hydroxylation sites is 1. The second kappa shape index (κ2) is 10.4. The van der Waals surface area contributed by atoms with Gasteiger partial charge in [0.2, 0.25) is 0 Å². The Labute approximate surface area is 248 Å². The van der Waals surface area contributed by atoms with Crippen LogP contribution in [0, 0.1) is 0 Å². The van der Waals surface area contributed by atoms with Gasteiger partial charge in [0.1, 0.15) is 5.82 Å². The number of fused-ring (bicyclic) bond motifs is 3. The fourth-order valence-electron chi connectivity index (χ4n) is 5.60. The SMILES string of the molecule is c1ccc(-c2cc(-c3ccc(-c4ccc(-n5c6ccccc6c6ccncc65)nc4)cc3)cc(-c3ccccn3)n2)nc1. The van der Waals surface area contributed by atoms with Crippen molar-refractivity contribution in [2.45, 2.75) is 0 Å². The van der Waals surface area contributed by atoms with E-state index in [2.05, 4.69) is 98.4 Å². The van der Waals surface area contributed by atoms with Crippen LogP contribution >= 0.6 is 0 Å². The number of nitrogens with zero attached hydrogens (tertiary/aromatic N) is 6. The molecule has 0 amide bonds. The molecule has 0 spiro atoms. The summed E-state index contributed by atoms with van der Waals surface area (Å²) in [4.78, 5) is 23.2. The van der Waals surface area contributed by atoms with E-state index >= 15 is 0 Å². The molecule has 0 aliphatic heterocycles. The zero-order valence-electron chi connectivity index (χ0n) is 23.0. The number of rotatable bonds is 5. The Morgan fingerprint density at radius 3 is 1.70 bits per heavy atom. The Bertz CT molecular complexity index is 2090. The molecular weight excluding hydrogens is 528 g/mol. The average Bonchev–Trinajstić information content (AvgIpc) is 3.43. The molecule has 0 saturated carbocycles. The normalized spacial score (nSPS) is 11.3. The highest BCUT2D eigenvalue weighted by molar-refractivity contribution is 6.08. The molecule has 0 aliphatic rings. The van der Waals surface area contributed by atoms with Crippen LogP contribution in [-0.4, -0.2) is 29.5 Å². The van der Waals surface area contributed by atoms with Gasteiger partial charge in [0.25, 0.3) is 0 Å². The van der Waals surface area contributed by atoms with Gasteiger partial charge in [0, 0.05) is 41.1 Å². The lowest BCUT2D eigenvalue weighted by Gasteiger charge is -2.11. The molecule has 0 saturated heterocycles. The summed E-state index contributed by atoms with van der Waals surface area (Å²) >= 11 is 0. The quantitative estimate of drug-likeness (QED) is 0.214. The number of hydrogen-bond donors (Lipinski definition) is 0. The van der Waals surface area contributed by atoms with Gasteiger partial charge in [0.05, 0.1) is 40.0 Å². The minimum Gasteiger partial charge on any atom is -0.292 e. The first kappa shape index (κ1) is 24.8. The fourth-order valence-corrected chi connectivity index (χ4v) is 5.60. The van der Waals surface area contributed by atoms with Crippen LogP contribution in [0.25, 0.3) is 72.7 Å². The lowest BCUT2D eigenvalue weighted by atomic mass is 9.99. The van der Waals surface area contributed by atoms with Crippen LogP contribution in [0.2, 0.25) is 0 Å². The van der Waals surface area contributed by atoms with Crippen LogP contribution in [0.1, 0.15) is 0 Å². The first-order valence-electron chi connectivity index (χ1n) is 14.1. The van der Waals surface area contributed by atoms with Crippen molar-refractivity contribution in [2.24, 2.45) is 0 Å². The number of hydrogen-bond acceptors (Lipinski definition) is 5. The van der Waals surface area contributed by atoms with Crippen molar-refractivity contribution in [1.82, 2.24) is 29.5 Å². The summed E-state index contributed by atoms with van der Waals surface area (Å²) in [5.41, 5.74) is 9.70. The van der Waals surface area contributed by atoms with E-state index < -0.39 is 0 Å². The van der Waals surface area contributed by atoms with Gasteiger partial charge >= 0.3 is 0 Å². The second-order valence-corrected chi connectivity index (χ2v) is 10.3. The highest BCUT2D eigenvalue weighted by atomic mass is 15.1. The van der Waals surface area contributed by atoms with Crippen molar-refractivity contribution in [1.29, 1.82) is 0 Å². The molecule has 8 rings (SSSR count). The molecule has 0 aliphatic carbocycles. The van der Waals surface area contributed by atoms with E-state index in [4.69, 9.17) is 9.97 Å². The van der Waals surface area contributed by atoms with Gasteiger partial charge in [-0.1, -0.05) is 54.6 Å². The molecule has 202 valence electrons. The van der Waals surface area contributed by atoms with E-state index in [1.807, 2.05) is 55.0 Å². The standard InChI is InChI=1S/C37H24N6/c1-2-10-35-29(7-1)30-17-20-38-24-36(30)43(35)37-16-15-27(23-41-37)25-11-13-26(14-12-25)28-21-33(31-8-3-5-18-39-31)42-34(22-28)32-9-4-6-19-40-32/h1-24H. The van der Waals surface area contributed by atoms with Crippen LogP contribution in [0.5, 0.6) is 0 Å². The molecular formula is C37H24N6. The maximum atomic E-state index is 4.89. The summed E-state index contributed by atoms with van der Waals surface area (Å²) in [6.07, 6.45) is 9.25. The van der Waals surface area contributed by atoms with Crippen LogP contribution in [-0.2, 0) is 0 Å². The molecule has 2 aromatic carbocycles. The second-order valence-electron chi connectivity index (χ2n) is 10.3. The van der Waals surface area contributed by atoms with Crippen molar-refractivity contribution in [3.8, 4) is 50.8 Å². The molecule has 0 fully saturated rings. The van der Waals surface area contributed by atoms with Gasteiger partial charge in [-0.3, -0.25) is 19.5 Å². The van der Waals surface area contributed by atoms with E-state index in [0.717, 1.165) is 61.9 Å². The molecule has 0 bridgehead atoms. The number of aromatic nitrogens is 6. The largest absolute Gasteiger partial charge is 0.292 e. The van der Waals surface area contributed by atoms with Crippen molar-refractivity contribution >= 4 is 21.8 Å². The first-order valence-corrected chi connectivity index (χ1v) is 14.1. The minimum atomic E-state index is 0.808. The van der Waals surface area contributed by atoms with Gasteiger partial charge in [-0.2, -0.15) is 0 Å². The van der Waals surface area contributed by atoms with Crippen LogP contribution < -0.4 is 0 Å². The van der Waals surface area contributed by atoms with E-state index in [1.54, 1.807) is 12.4 Å². The molecule has 6 heterocycles. The lowest BCUT2D eigenvalue weighted by molar-refractivity contribution is 1.08. The highest BCUT2D eigenvalue weighted by Crippen LogP contribution is 2.33. The van der Waals surface area contributed by atoms with E-state index in [0.29, 0.717) is 0 Å². The van der Waals surface area contributed by atoms with Crippen LogP contribution in [0.4, 0.5) is 0 Å². The smallest absolute Gasteiger partial charge is 0.137 e. The highest BCUT2D eigenvalue weighted by Gasteiger charge is 2.14. The molecule has 0 unspecified atom stereocenters. The maximum Gasteiger partial charge on any atom is 0.137 e. The topological polar surface area (TPSA) is 69.4 Å². The Hall–Kier alpha value is -6.01. The van der Waals surface area contributed by atoms with E-state index in [1.165, 1.54) is 10.8 Å². The predicted molar refractivity (Wildman–Crippen MR) is 171 cm³/mol. The number of pyridine rings is 5. The van der Waals surface area contributed by atoms with Gasteiger partial charge in [-0.25, -0.2) is 9.97 Å². The van der Waals surface area contributed by atoms with Crippen molar-refractivity contribution < 1.29 is 0 Å². The van der Waals surface area contributed by atoms with E-state index in [-0.39, 0.29) is 0 Å². The van der Waals surface area contributed by atoms with Crippen LogP contribution in [0.3, 0.4) is 0 Å². The van der Waals surface area contributed by atoms with Gasteiger partial charge in [0.15, 0.2) is 0 Å². The molecule has 0 radical (unpaired) electrons. The Morgan fingerprint density at radius 1 is 0.419 bits per heavy atom. The Morgan fingerprint density at radius 2 is 1.05 bits per heavy atom. The van der Waals surface area contributed by atoms with Crippen LogP contribution in [0.15, 0.2) is 146 Å².